The van der Waals surface area contributed by atoms with Crippen LogP contribution in [-0.2, 0) is 9.53 Å². The van der Waals surface area contributed by atoms with Crippen LogP contribution in [0.3, 0.4) is 0 Å². The number of esters is 1. The first-order valence-electron chi connectivity index (χ1n) is 3.95. The Labute approximate surface area is 83.3 Å². The van der Waals surface area contributed by atoms with Crippen molar-refractivity contribution in [2.75, 3.05) is 7.11 Å². The number of terminal acetylenes is 1. The third kappa shape index (κ3) is 1.68. The van der Waals surface area contributed by atoms with Crippen LogP contribution in [0.2, 0.25) is 0 Å². The molecule has 4 heteroatoms. The average Bonchev–Trinajstić information content (AvgIpc) is 2.25. The van der Waals surface area contributed by atoms with E-state index in [-0.39, 0.29) is 6.42 Å². The fourth-order valence-corrected chi connectivity index (χ4v) is 1.12. The highest BCUT2D eigenvalue weighted by molar-refractivity contribution is 5.82. The second-order valence-electron chi connectivity index (χ2n) is 2.62. The molecule has 0 spiro atoms. The Morgan fingerprint density at radius 2 is 2.43 bits per heavy atom. The molecule has 0 amide bonds. The number of ether oxygens (including phenoxy) is 1. The van der Waals surface area contributed by atoms with Crippen molar-refractivity contribution < 1.29 is 9.53 Å². The number of hydrogen-bond donors (Lipinski definition) is 0. The standard InChI is InChI=1S/C10H10N2O2/c1-5-10(6-2,9(13)14-4)8(7-11)12-3/h1,8H,6H2,2,4H3. The summed E-state index contributed by atoms with van der Waals surface area (Å²) in [5, 5.41) is 8.70. The molecule has 0 aliphatic carbocycles. The number of methoxy groups -OCH3 is 1. The lowest BCUT2D eigenvalue weighted by Crippen LogP contribution is -2.39. The lowest BCUT2D eigenvalue weighted by atomic mass is 9.79. The van der Waals surface area contributed by atoms with Crippen molar-refractivity contribution in [2.24, 2.45) is 5.41 Å². The molecule has 0 heterocycles. The molecule has 14 heavy (non-hydrogen) atoms. The van der Waals surface area contributed by atoms with Gasteiger partial charge in [0.15, 0.2) is 6.07 Å². The summed E-state index contributed by atoms with van der Waals surface area (Å²) < 4.78 is 4.51. The van der Waals surface area contributed by atoms with Crippen LogP contribution in [0.25, 0.3) is 4.85 Å². The first-order valence-corrected chi connectivity index (χ1v) is 3.95. The van der Waals surface area contributed by atoms with E-state index in [1.807, 2.05) is 0 Å². The normalized spacial score (nSPS) is 15.1. The number of carbonyl (C=O) groups is 1. The van der Waals surface area contributed by atoms with Crippen LogP contribution in [0.5, 0.6) is 0 Å². The summed E-state index contributed by atoms with van der Waals surface area (Å²) in [6.45, 7) is 8.43. The molecular weight excluding hydrogens is 180 g/mol. The quantitative estimate of drug-likeness (QED) is 0.379. The lowest BCUT2D eigenvalue weighted by molar-refractivity contribution is -0.149. The van der Waals surface area contributed by atoms with Crippen LogP contribution in [-0.4, -0.2) is 19.1 Å². The molecule has 0 aromatic rings. The van der Waals surface area contributed by atoms with Gasteiger partial charge in [0.2, 0.25) is 5.41 Å². The maximum Gasteiger partial charge on any atom is 0.334 e. The van der Waals surface area contributed by atoms with Crippen LogP contribution in [0, 0.1) is 35.7 Å². The maximum atomic E-state index is 11.4. The zero-order valence-corrected chi connectivity index (χ0v) is 8.07. The third-order valence-corrected chi connectivity index (χ3v) is 2.08. The van der Waals surface area contributed by atoms with Crippen molar-refractivity contribution in [1.29, 1.82) is 5.26 Å². The van der Waals surface area contributed by atoms with Gasteiger partial charge >= 0.3 is 12.0 Å². The van der Waals surface area contributed by atoms with Crippen molar-refractivity contribution in [3.05, 3.63) is 11.4 Å². The summed E-state index contributed by atoms with van der Waals surface area (Å²) in [6.07, 6.45) is 5.41. The summed E-state index contributed by atoms with van der Waals surface area (Å²) in [4.78, 5) is 14.4. The number of nitriles is 1. The molecule has 0 aromatic carbocycles. The first-order chi connectivity index (χ1) is 6.62. The van der Waals surface area contributed by atoms with E-state index in [2.05, 4.69) is 15.5 Å². The Kier molecular flexibility index (Phi) is 4.20. The molecule has 0 N–H and O–H groups in total. The molecule has 0 saturated carbocycles. The molecule has 0 aliphatic heterocycles. The topological polar surface area (TPSA) is 54.5 Å². The van der Waals surface area contributed by atoms with Gasteiger partial charge in [-0.2, -0.15) is 5.26 Å². The fourth-order valence-electron chi connectivity index (χ4n) is 1.12. The van der Waals surface area contributed by atoms with Gasteiger partial charge in [-0.1, -0.05) is 12.8 Å². The Morgan fingerprint density at radius 3 is 2.64 bits per heavy atom. The van der Waals surface area contributed by atoms with Crippen molar-refractivity contribution >= 4 is 5.97 Å². The molecular formula is C10H10N2O2. The minimum atomic E-state index is -1.44. The molecule has 0 aliphatic rings. The Hall–Kier alpha value is -1.99. The van der Waals surface area contributed by atoms with Crippen LogP contribution in [0.1, 0.15) is 13.3 Å². The van der Waals surface area contributed by atoms with Crippen LogP contribution in [0.15, 0.2) is 0 Å². The predicted octanol–water partition coefficient (Wildman–Crippen LogP) is 1.00. The largest absolute Gasteiger partial charge is 0.468 e. The number of hydrogen-bond acceptors (Lipinski definition) is 3. The summed E-state index contributed by atoms with van der Waals surface area (Å²) in [5.74, 6) is 1.50. The van der Waals surface area contributed by atoms with Crippen molar-refractivity contribution in [3.8, 4) is 18.4 Å². The van der Waals surface area contributed by atoms with E-state index < -0.39 is 17.4 Å². The minimum absolute atomic E-state index is 0.205. The fraction of sp³-hybridized carbons (Fsp3) is 0.500. The van der Waals surface area contributed by atoms with Gasteiger partial charge in [-0.15, -0.1) is 6.42 Å². The molecule has 0 radical (unpaired) electrons. The van der Waals surface area contributed by atoms with Gasteiger partial charge in [0.05, 0.1) is 7.11 Å². The van der Waals surface area contributed by atoms with Gasteiger partial charge in [-0.25, -0.2) is 6.57 Å². The van der Waals surface area contributed by atoms with Crippen LogP contribution >= 0.6 is 0 Å². The Morgan fingerprint density at radius 1 is 1.86 bits per heavy atom. The molecule has 2 unspecified atom stereocenters. The molecule has 2 atom stereocenters. The molecule has 4 nitrogen and oxygen atoms in total. The van der Waals surface area contributed by atoms with E-state index in [4.69, 9.17) is 18.3 Å². The predicted molar refractivity (Wildman–Crippen MR) is 49.6 cm³/mol. The number of carbonyl (C=O) groups excluding carboxylic acids is 1. The van der Waals surface area contributed by atoms with Gasteiger partial charge in [-0.3, -0.25) is 9.64 Å². The molecule has 0 saturated heterocycles. The van der Waals surface area contributed by atoms with E-state index in [0.29, 0.717) is 0 Å². The van der Waals surface area contributed by atoms with Gasteiger partial charge in [0.1, 0.15) is 0 Å². The van der Waals surface area contributed by atoms with E-state index in [1.54, 1.807) is 13.0 Å². The number of rotatable bonds is 3. The van der Waals surface area contributed by atoms with Gasteiger partial charge < -0.3 is 4.74 Å². The average molecular weight is 190 g/mol. The molecule has 0 fully saturated rings. The minimum Gasteiger partial charge on any atom is -0.468 e. The van der Waals surface area contributed by atoms with Crippen LogP contribution in [0.4, 0.5) is 0 Å². The second-order valence-corrected chi connectivity index (χ2v) is 2.62. The Balaban J connectivity index is 5.34. The van der Waals surface area contributed by atoms with Gasteiger partial charge in [0, 0.05) is 0 Å². The first kappa shape index (κ1) is 12.0. The van der Waals surface area contributed by atoms with Crippen molar-refractivity contribution in [3.63, 3.8) is 0 Å². The molecule has 0 aromatic heterocycles. The third-order valence-electron chi connectivity index (χ3n) is 2.08. The summed E-state index contributed by atoms with van der Waals surface area (Å²) in [6, 6.07) is 0.522. The van der Waals surface area contributed by atoms with E-state index in [0.717, 1.165) is 0 Å². The maximum absolute atomic E-state index is 11.4. The summed E-state index contributed by atoms with van der Waals surface area (Å²) in [7, 11) is 1.18. The SMILES string of the molecule is [C-]#[N+]C(C#N)C(C#C)(CC)C(=O)OC. The van der Waals surface area contributed by atoms with Crippen molar-refractivity contribution in [2.45, 2.75) is 19.4 Å². The second kappa shape index (κ2) is 4.90. The summed E-state index contributed by atoms with van der Waals surface area (Å²) in [5.41, 5.74) is -1.44. The van der Waals surface area contributed by atoms with Crippen molar-refractivity contribution in [1.82, 2.24) is 0 Å². The highest BCUT2D eigenvalue weighted by Crippen LogP contribution is 2.29. The lowest BCUT2D eigenvalue weighted by Gasteiger charge is -2.20. The van der Waals surface area contributed by atoms with E-state index in [1.165, 1.54) is 7.11 Å². The van der Waals surface area contributed by atoms with Gasteiger partial charge in [0.25, 0.3) is 0 Å². The van der Waals surface area contributed by atoms with E-state index >= 15 is 0 Å². The number of nitrogens with zero attached hydrogens (tertiary/aromatic N) is 2. The highest BCUT2D eigenvalue weighted by atomic mass is 16.5. The zero-order valence-electron chi connectivity index (χ0n) is 8.07. The van der Waals surface area contributed by atoms with Gasteiger partial charge in [-0.05, 0) is 6.42 Å². The summed E-state index contributed by atoms with van der Waals surface area (Å²) >= 11 is 0. The monoisotopic (exact) mass is 190 g/mol. The smallest absolute Gasteiger partial charge is 0.334 e. The highest BCUT2D eigenvalue weighted by Gasteiger charge is 2.49. The Bertz CT molecular complexity index is 329. The molecule has 0 rings (SSSR count). The van der Waals surface area contributed by atoms with E-state index in [9.17, 15) is 4.79 Å². The zero-order chi connectivity index (χ0) is 11.2. The molecule has 72 valence electrons. The van der Waals surface area contributed by atoms with Crippen LogP contribution < -0.4 is 0 Å². The molecule has 0 bridgehead atoms.